The molecule has 2 aromatic rings. The number of nitriles is 1. The molecule has 134 valence electrons. The normalized spacial score (nSPS) is 10.3. The highest BCUT2D eigenvalue weighted by Gasteiger charge is 2.13. The van der Waals surface area contributed by atoms with Gasteiger partial charge in [-0.25, -0.2) is 4.39 Å². The first-order valence-electron chi connectivity index (χ1n) is 7.61. The van der Waals surface area contributed by atoms with Gasteiger partial charge in [-0.05, 0) is 49.5 Å². The number of benzene rings is 2. The van der Waals surface area contributed by atoms with Crippen LogP contribution in [0.2, 0.25) is 5.02 Å². The van der Waals surface area contributed by atoms with Crippen molar-refractivity contribution in [2.24, 2.45) is 0 Å². The van der Waals surface area contributed by atoms with E-state index in [0.717, 1.165) is 0 Å². The first kappa shape index (κ1) is 19.4. The third-order valence-corrected chi connectivity index (χ3v) is 3.57. The van der Waals surface area contributed by atoms with Gasteiger partial charge in [0.1, 0.15) is 11.9 Å². The Morgan fingerprint density at radius 3 is 2.35 bits per heavy atom. The smallest absolute Gasteiger partial charge is 0.238 e. The lowest BCUT2D eigenvalue weighted by atomic mass is 10.2. The van der Waals surface area contributed by atoms with E-state index in [9.17, 15) is 14.0 Å². The number of carbonyl (C=O) groups is 2. The van der Waals surface area contributed by atoms with Crippen LogP contribution in [0.3, 0.4) is 0 Å². The summed E-state index contributed by atoms with van der Waals surface area (Å²) in [6.45, 7) is -0.0976. The molecule has 0 spiro atoms. The van der Waals surface area contributed by atoms with Gasteiger partial charge in [0.15, 0.2) is 0 Å². The molecule has 0 aliphatic carbocycles. The average molecular weight is 375 g/mol. The quantitative estimate of drug-likeness (QED) is 0.814. The zero-order valence-corrected chi connectivity index (χ0v) is 14.7. The maximum absolute atomic E-state index is 12.8. The van der Waals surface area contributed by atoms with Gasteiger partial charge < -0.3 is 10.6 Å². The van der Waals surface area contributed by atoms with Crippen molar-refractivity contribution in [1.29, 1.82) is 5.26 Å². The Morgan fingerprint density at radius 2 is 1.73 bits per heavy atom. The number of rotatable bonds is 6. The van der Waals surface area contributed by atoms with Crippen molar-refractivity contribution in [3.63, 3.8) is 0 Å². The Balaban J connectivity index is 1.87. The van der Waals surface area contributed by atoms with Gasteiger partial charge in [-0.2, -0.15) is 5.26 Å². The van der Waals surface area contributed by atoms with E-state index in [2.05, 4.69) is 10.6 Å². The van der Waals surface area contributed by atoms with E-state index >= 15 is 0 Å². The molecule has 0 aromatic heterocycles. The Labute approximate surface area is 155 Å². The molecular weight excluding hydrogens is 359 g/mol. The van der Waals surface area contributed by atoms with E-state index in [1.54, 1.807) is 13.1 Å². The number of nitrogens with one attached hydrogen (secondary N) is 2. The summed E-state index contributed by atoms with van der Waals surface area (Å²) >= 11 is 5.87. The van der Waals surface area contributed by atoms with Crippen LogP contribution in [-0.4, -0.2) is 36.9 Å². The fourth-order valence-electron chi connectivity index (χ4n) is 2.19. The SMILES string of the molecule is CN(CC(=O)Nc1ccc(F)cc1)CC(=O)Nc1cc(Cl)ccc1C#N. The van der Waals surface area contributed by atoms with Crippen molar-refractivity contribution < 1.29 is 14.0 Å². The Morgan fingerprint density at radius 1 is 1.12 bits per heavy atom. The van der Waals surface area contributed by atoms with E-state index in [0.29, 0.717) is 22.0 Å². The molecule has 0 radical (unpaired) electrons. The highest BCUT2D eigenvalue weighted by atomic mass is 35.5. The molecule has 6 nitrogen and oxygen atoms in total. The molecular formula is C18H16ClFN4O2. The second-order valence-electron chi connectivity index (χ2n) is 5.58. The molecule has 0 unspecified atom stereocenters. The molecule has 2 rings (SSSR count). The zero-order valence-electron chi connectivity index (χ0n) is 13.9. The molecule has 0 saturated heterocycles. The molecule has 2 N–H and O–H groups in total. The minimum Gasteiger partial charge on any atom is -0.325 e. The minimum atomic E-state index is -0.394. The summed E-state index contributed by atoms with van der Waals surface area (Å²) in [5, 5.41) is 14.7. The highest BCUT2D eigenvalue weighted by molar-refractivity contribution is 6.31. The first-order valence-corrected chi connectivity index (χ1v) is 7.98. The van der Waals surface area contributed by atoms with Gasteiger partial charge in [-0.15, -0.1) is 0 Å². The van der Waals surface area contributed by atoms with Crippen molar-refractivity contribution in [3.05, 3.63) is 58.9 Å². The molecule has 0 aliphatic rings. The van der Waals surface area contributed by atoms with Crippen LogP contribution in [0.1, 0.15) is 5.56 Å². The summed E-state index contributed by atoms with van der Waals surface area (Å²) in [6.07, 6.45) is 0. The third-order valence-electron chi connectivity index (χ3n) is 3.33. The van der Waals surface area contributed by atoms with Gasteiger partial charge in [-0.1, -0.05) is 11.6 Å². The van der Waals surface area contributed by atoms with Gasteiger partial charge in [0.2, 0.25) is 11.8 Å². The number of halogens is 2. The van der Waals surface area contributed by atoms with Gasteiger partial charge in [0.25, 0.3) is 0 Å². The van der Waals surface area contributed by atoms with E-state index < -0.39 is 5.82 Å². The van der Waals surface area contributed by atoms with Gasteiger partial charge in [0.05, 0.1) is 24.3 Å². The van der Waals surface area contributed by atoms with Gasteiger partial charge in [-0.3, -0.25) is 14.5 Å². The maximum Gasteiger partial charge on any atom is 0.238 e. The molecule has 0 atom stereocenters. The lowest BCUT2D eigenvalue weighted by Crippen LogP contribution is -2.36. The highest BCUT2D eigenvalue weighted by Crippen LogP contribution is 2.20. The Hall–Kier alpha value is -2.95. The number of hydrogen-bond acceptors (Lipinski definition) is 4. The zero-order chi connectivity index (χ0) is 19.1. The second-order valence-corrected chi connectivity index (χ2v) is 6.01. The third kappa shape index (κ3) is 5.84. The molecule has 0 fully saturated rings. The van der Waals surface area contributed by atoms with E-state index in [4.69, 9.17) is 16.9 Å². The van der Waals surface area contributed by atoms with Gasteiger partial charge in [0, 0.05) is 10.7 Å². The van der Waals surface area contributed by atoms with Crippen molar-refractivity contribution in [1.82, 2.24) is 4.90 Å². The molecule has 8 heteroatoms. The summed E-state index contributed by atoms with van der Waals surface area (Å²) in [4.78, 5) is 25.6. The molecule has 0 aliphatic heterocycles. The van der Waals surface area contributed by atoms with Crippen LogP contribution in [0.4, 0.5) is 15.8 Å². The number of nitrogens with zero attached hydrogens (tertiary/aromatic N) is 2. The number of hydrogen-bond donors (Lipinski definition) is 2. The van der Waals surface area contributed by atoms with E-state index in [-0.39, 0.29) is 24.9 Å². The van der Waals surface area contributed by atoms with Crippen molar-refractivity contribution in [2.75, 3.05) is 30.8 Å². The van der Waals surface area contributed by atoms with Gasteiger partial charge >= 0.3 is 0 Å². The lowest BCUT2D eigenvalue weighted by Gasteiger charge is -2.16. The largest absolute Gasteiger partial charge is 0.325 e. The van der Waals surface area contributed by atoms with E-state index in [1.807, 2.05) is 6.07 Å². The number of amides is 2. The fourth-order valence-corrected chi connectivity index (χ4v) is 2.36. The molecule has 0 bridgehead atoms. The number of carbonyl (C=O) groups excluding carboxylic acids is 2. The van der Waals surface area contributed by atoms with Crippen LogP contribution in [-0.2, 0) is 9.59 Å². The number of likely N-dealkylation sites (N-methyl/N-ethyl adjacent to an activating group) is 1. The summed E-state index contributed by atoms with van der Waals surface area (Å²) < 4.78 is 12.8. The molecule has 26 heavy (non-hydrogen) atoms. The summed E-state index contributed by atoms with van der Waals surface area (Å²) in [5.74, 6) is -1.12. The minimum absolute atomic E-state index is 0.0363. The Kier molecular flexibility index (Phi) is 6.67. The summed E-state index contributed by atoms with van der Waals surface area (Å²) in [7, 11) is 1.60. The van der Waals surface area contributed by atoms with Crippen LogP contribution >= 0.6 is 11.6 Å². The van der Waals surface area contributed by atoms with Crippen molar-refractivity contribution in [2.45, 2.75) is 0 Å². The summed E-state index contributed by atoms with van der Waals surface area (Å²) in [5.41, 5.74) is 1.07. The predicted molar refractivity (Wildman–Crippen MR) is 97.3 cm³/mol. The second kappa shape index (κ2) is 8.94. The average Bonchev–Trinajstić information content (AvgIpc) is 2.56. The van der Waals surface area contributed by atoms with Crippen LogP contribution in [0.25, 0.3) is 0 Å². The molecule has 2 aromatic carbocycles. The van der Waals surface area contributed by atoms with Crippen LogP contribution in [0.15, 0.2) is 42.5 Å². The van der Waals surface area contributed by atoms with E-state index in [1.165, 1.54) is 41.3 Å². The fraction of sp³-hybridized carbons (Fsp3) is 0.167. The maximum atomic E-state index is 12.8. The van der Waals surface area contributed by atoms with Crippen molar-refractivity contribution in [3.8, 4) is 6.07 Å². The molecule has 0 saturated carbocycles. The standard InChI is InChI=1S/C18H16ClFN4O2/c1-24(10-17(25)22-15-6-4-14(20)5-7-15)11-18(26)23-16-8-13(19)3-2-12(16)9-21/h2-8H,10-11H2,1H3,(H,22,25)(H,23,26). The first-order chi connectivity index (χ1) is 12.4. The molecule has 0 heterocycles. The molecule has 2 amide bonds. The topological polar surface area (TPSA) is 85.2 Å². The summed E-state index contributed by atoms with van der Waals surface area (Å²) in [6, 6.07) is 11.9. The van der Waals surface area contributed by atoms with Crippen molar-refractivity contribution >= 4 is 34.8 Å². The van der Waals surface area contributed by atoms with Crippen LogP contribution in [0.5, 0.6) is 0 Å². The van der Waals surface area contributed by atoms with Crippen LogP contribution in [0, 0.1) is 17.1 Å². The Bertz CT molecular complexity index is 849. The number of anilines is 2. The monoisotopic (exact) mass is 374 g/mol. The predicted octanol–water partition coefficient (Wildman–Crippen LogP) is 2.86. The lowest BCUT2D eigenvalue weighted by molar-refractivity contribution is -0.119. The van der Waals surface area contributed by atoms with Crippen LogP contribution < -0.4 is 10.6 Å².